The number of aromatic amines is 1. The highest BCUT2D eigenvalue weighted by Crippen LogP contribution is 2.25. The number of fused-ring (bicyclic) bond motifs is 3. The molecular formula is C41H45N7O7. The smallest absolute Gasteiger partial charge is 0.246 e. The summed E-state index contributed by atoms with van der Waals surface area (Å²) in [5.74, 6) is -3.14. The second kappa shape index (κ2) is 16.5. The van der Waals surface area contributed by atoms with Crippen LogP contribution in [0.25, 0.3) is 10.9 Å². The number of hydrogen-bond donors (Lipinski definition) is 6. The fourth-order valence-corrected chi connectivity index (χ4v) is 7.89. The molecule has 14 nitrogen and oxygen atoms in total. The van der Waals surface area contributed by atoms with E-state index in [9.17, 15) is 33.9 Å². The molecule has 0 bridgehead atoms. The van der Waals surface area contributed by atoms with E-state index in [1.165, 1.54) is 21.9 Å². The highest BCUT2D eigenvalue weighted by molar-refractivity contribution is 5.98. The lowest BCUT2D eigenvalue weighted by Gasteiger charge is -2.32. The maximum Gasteiger partial charge on any atom is 0.246 e. The maximum absolute atomic E-state index is 14.5. The molecule has 0 radical (unpaired) electrons. The first-order chi connectivity index (χ1) is 26.6. The number of nitrogens with zero attached hydrogens (tertiary/aromatic N) is 2. The Labute approximate surface area is 318 Å². The lowest BCUT2D eigenvalue weighted by Crippen LogP contribution is -2.60. The van der Waals surface area contributed by atoms with Gasteiger partial charge in [0, 0.05) is 49.5 Å². The Bertz CT molecular complexity index is 2070. The first-order valence-electron chi connectivity index (χ1n) is 18.8. The van der Waals surface area contributed by atoms with Crippen molar-refractivity contribution in [3.8, 4) is 5.75 Å². The van der Waals surface area contributed by atoms with Crippen LogP contribution in [0.4, 0.5) is 0 Å². The fraction of sp³-hybridized carbons (Fsp3) is 0.366. The summed E-state index contributed by atoms with van der Waals surface area (Å²) in [6.07, 6.45) is 3.85. The SMILES string of the molecule is O=C1NCC(=O)N2CCC[C@H]2C(=O)N[C@@H](Cc2c[nH]c3ccccc23)C(=O)N2CCC[C@H]2C(=O)N[C@@H](Cc2ccc(O)cc2)C(=O)N[C@H]1Cc1ccccc1. The summed E-state index contributed by atoms with van der Waals surface area (Å²) in [6.45, 7) is 0.148. The number of benzene rings is 3. The molecule has 286 valence electrons. The number of para-hydroxylation sites is 1. The monoisotopic (exact) mass is 747 g/mol. The first-order valence-corrected chi connectivity index (χ1v) is 18.8. The average molecular weight is 748 g/mol. The summed E-state index contributed by atoms with van der Waals surface area (Å²) >= 11 is 0. The van der Waals surface area contributed by atoms with Crippen molar-refractivity contribution in [1.82, 2.24) is 36.1 Å². The van der Waals surface area contributed by atoms with Gasteiger partial charge in [-0.3, -0.25) is 28.8 Å². The number of carbonyl (C=O) groups is 6. The number of rotatable bonds is 6. The van der Waals surface area contributed by atoms with E-state index in [1.54, 1.807) is 18.3 Å². The van der Waals surface area contributed by atoms with Crippen LogP contribution in [-0.4, -0.2) is 105 Å². The van der Waals surface area contributed by atoms with Crippen molar-refractivity contribution in [1.29, 1.82) is 0 Å². The van der Waals surface area contributed by atoms with Crippen molar-refractivity contribution in [2.75, 3.05) is 19.6 Å². The second-order valence-electron chi connectivity index (χ2n) is 14.5. The van der Waals surface area contributed by atoms with Crippen molar-refractivity contribution in [3.05, 3.63) is 102 Å². The van der Waals surface area contributed by atoms with Gasteiger partial charge in [0.1, 0.15) is 36.0 Å². The van der Waals surface area contributed by atoms with Crippen molar-refractivity contribution in [2.24, 2.45) is 0 Å². The third-order valence-corrected chi connectivity index (χ3v) is 10.8. The number of H-pyrrole nitrogens is 1. The molecular weight excluding hydrogens is 702 g/mol. The van der Waals surface area contributed by atoms with Gasteiger partial charge in [0.15, 0.2) is 0 Å². The summed E-state index contributed by atoms with van der Waals surface area (Å²) in [5.41, 5.74) is 3.06. The normalized spacial score (nSPS) is 24.3. The molecule has 3 aliphatic rings. The molecule has 0 spiro atoms. The summed E-state index contributed by atoms with van der Waals surface area (Å²) < 4.78 is 0. The average Bonchev–Trinajstić information content (AvgIpc) is 3.98. The molecule has 3 fully saturated rings. The van der Waals surface area contributed by atoms with Crippen LogP contribution in [0.5, 0.6) is 5.75 Å². The number of phenols is 1. The van der Waals surface area contributed by atoms with Gasteiger partial charge >= 0.3 is 0 Å². The van der Waals surface area contributed by atoms with E-state index in [-0.39, 0.29) is 31.6 Å². The second-order valence-corrected chi connectivity index (χ2v) is 14.5. The minimum absolute atomic E-state index is 0.0201. The number of hydrogen-bond acceptors (Lipinski definition) is 7. The van der Waals surface area contributed by atoms with Crippen molar-refractivity contribution in [2.45, 2.75) is 75.2 Å². The standard InChI is InChI=1S/C41H45N7O7/c49-28-16-14-26(15-17-28)21-32-38(52)44-31(20-25-8-2-1-3-9-25)37(51)43-24-36(50)47-18-6-12-34(47)39(53)46-33(22-27-23-42-30-11-5-4-10-29(27)30)41(55)48-19-7-13-35(48)40(54)45-32/h1-5,8-11,14-17,23,31-35,42,49H,6-7,12-13,18-22,24H2,(H,43,51)(H,44,52)(H,45,54)(H,46,53)/t31-,32-,33-,34-,35-/m0/s1. The molecule has 0 unspecified atom stereocenters. The van der Waals surface area contributed by atoms with E-state index in [2.05, 4.69) is 26.3 Å². The minimum atomic E-state index is -1.17. The molecule has 0 aliphatic carbocycles. The number of aromatic hydroxyl groups is 1. The molecule has 4 aromatic rings. The Kier molecular flexibility index (Phi) is 11.1. The topological polar surface area (TPSA) is 193 Å². The van der Waals surface area contributed by atoms with Crippen molar-refractivity contribution >= 4 is 46.3 Å². The maximum atomic E-state index is 14.5. The van der Waals surface area contributed by atoms with Crippen LogP contribution in [0.1, 0.15) is 42.4 Å². The van der Waals surface area contributed by atoms with E-state index in [0.717, 1.165) is 22.0 Å². The van der Waals surface area contributed by atoms with E-state index in [4.69, 9.17) is 0 Å². The Morgan fingerprint density at radius 2 is 1.18 bits per heavy atom. The van der Waals surface area contributed by atoms with Gasteiger partial charge in [0.2, 0.25) is 35.4 Å². The summed E-state index contributed by atoms with van der Waals surface area (Å²) in [7, 11) is 0. The lowest BCUT2D eigenvalue weighted by atomic mass is 10.0. The predicted octanol–water partition coefficient (Wildman–Crippen LogP) is 1.47. The van der Waals surface area contributed by atoms with Crippen LogP contribution in [0, 0.1) is 0 Å². The van der Waals surface area contributed by atoms with Crippen LogP contribution < -0.4 is 21.3 Å². The van der Waals surface area contributed by atoms with Gasteiger partial charge in [-0.2, -0.15) is 0 Å². The summed E-state index contributed by atoms with van der Waals surface area (Å²) in [4.78, 5) is 90.4. The van der Waals surface area contributed by atoms with Gasteiger partial charge in [-0.05, 0) is 60.6 Å². The minimum Gasteiger partial charge on any atom is -0.508 e. The molecule has 3 aromatic carbocycles. The van der Waals surface area contributed by atoms with Gasteiger partial charge < -0.3 is 41.2 Å². The molecule has 1 aromatic heterocycles. The Morgan fingerprint density at radius 1 is 0.600 bits per heavy atom. The van der Waals surface area contributed by atoms with Gasteiger partial charge in [-0.25, -0.2) is 0 Å². The van der Waals surface area contributed by atoms with Crippen molar-refractivity contribution < 1.29 is 33.9 Å². The third-order valence-electron chi connectivity index (χ3n) is 10.8. The Morgan fingerprint density at radius 3 is 1.91 bits per heavy atom. The Hall–Kier alpha value is -6.18. The zero-order chi connectivity index (χ0) is 38.5. The number of amides is 6. The molecule has 3 aliphatic heterocycles. The van der Waals surface area contributed by atoms with Gasteiger partial charge in [-0.15, -0.1) is 0 Å². The van der Waals surface area contributed by atoms with Crippen LogP contribution in [0.3, 0.4) is 0 Å². The summed E-state index contributed by atoms with van der Waals surface area (Å²) in [6, 6.07) is 17.8. The molecule has 0 saturated carbocycles. The number of phenolic OH excluding ortho intramolecular Hbond substituents is 1. The molecule has 6 N–H and O–H groups in total. The van der Waals surface area contributed by atoms with E-state index >= 15 is 0 Å². The molecule has 5 atom stereocenters. The molecule has 7 rings (SSSR count). The van der Waals surface area contributed by atoms with E-state index in [1.807, 2.05) is 54.6 Å². The number of aromatic nitrogens is 1. The summed E-state index contributed by atoms with van der Waals surface area (Å²) in [5, 5.41) is 22.1. The van der Waals surface area contributed by atoms with E-state index < -0.39 is 72.2 Å². The van der Waals surface area contributed by atoms with Gasteiger partial charge in [0.05, 0.1) is 6.54 Å². The number of carbonyl (C=O) groups excluding carboxylic acids is 6. The largest absolute Gasteiger partial charge is 0.508 e. The lowest BCUT2D eigenvalue weighted by molar-refractivity contribution is -0.144. The van der Waals surface area contributed by atoms with E-state index in [0.29, 0.717) is 37.8 Å². The fourth-order valence-electron chi connectivity index (χ4n) is 7.89. The molecule has 3 saturated heterocycles. The van der Waals surface area contributed by atoms with Crippen LogP contribution in [0.2, 0.25) is 0 Å². The Balaban J connectivity index is 1.23. The van der Waals surface area contributed by atoms with Crippen LogP contribution >= 0.6 is 0 Å². The predicted molar refractivity (Wildman–Crippen MR) is 202 cm³/mol. The highest BCUT2D eigenvalue weighted by Gasteiger charge is 2.42. The zero-order valence-corrected chi connectivity index (χ0v) is 30.3. The molecule has 4 heterocycles. The number of nitrogens with one attached hydrogen (secondary N) is 5. The molecule has 55 heavy (non-hydrogen) atoms. The molecule has 14 heteroatoms. The first kappa shape index (κ1) is 37.1. The van der Waals surface area contributed by atoms with Crippen LogP contribution in [-0.2, 0) is 48.0 Å². The highest BCUT2D eigenvalue weighted by atomic mass is 16.3. The molecule has 6 amide bonds. The van der Waals surface area contributed by atoms with Gasteiger partial charge in [-0.1, -0.05) is 60.7 Å². The van der Waals surface area contributed by atoms with Crippen LogP contribution in [0.15, 0.2) is 85.1 Å². The third kappa shape index (κ3) is 8.48. The van der Waals surface area contributed by atoms with Crippen molar-refractivity contribution in [3.63, 3.8) is 0 Å². The zero-order valence-electron chi connectivity index (χ0n) is 30.3. The quantitative estimate of drug-likeness (QED) is 0.172. The van der Waals surface area contributed by atoms with Gasteiger partial charge in [0.25, 0.3) is 0 Å².